The first-order valence-corrected chi connectivity index (χ1v) is 12.3. The summed E-state index contributed by atoms with van der Waals surface area (Å²) in [5.41, 5.74) is 6.81. The molecule has 0 fully saturated rings. The monoisotopic (exact) mass is 433 g/mol. The van der Waals surface area contributed by atoms with Crippen LogP contribution in [0.25, 0.3) is 0 Å². The second-order valence-corrected chi connectivity index (χ2v) is 11.1. The fourth-order valence-corrected chi connectivity index (χ4v) is 4.54. The molecule has 2 aromatic rings. The second kappa shape index (κ2) is 8.96. The first-order valence-electron chi connectivity index (χ1n) is 12.3. The van der Waals surface area contributed by atoms with E-state index >= 15 is 0 Å². The van der Waals surface area contributed by atoms with E-state index in [2.05, 4.69) is 109 Å². The fourth-order valence-electron chi connectivity index (χ4n) is 4.54. The smallest absolute Gasteiger partial charge is 0.123 e. The van der Waals surface area contributed by atoms with E-state index in [9.17, 15) is 0 Å². The molecule has 0 aromatic heterocycles. The Labute approximate surface area is 196 Å². The van der Waals surface area contributed by atoms with Crippen LogP contribution in [0.1, 0.15) is 91.3 Å². The lowest BCUT2D eigenvalue weighted by atomic mass is 9.76. The summed E-state index contributed by atoms with van der Waals surface area (Å²) in [4.78, 5) is 2.38. The second-order valence-electron chi connectivity index (χ2n) is 11.1. The number of hydrogen-bond acceptors (Lipinski definition) is 2. The van der Waals surface area contributed by atoms with Crippen LogP contribution in [0.5, 0.6) is 5.75 Å². The SMILES string of the molecule is C=C1N(CCCOc2ccc(C(C)(C)CC)cc2C(C)(C)CC)c2ccccc2C1(C)C. The van der Waals surface area contributed by atoms with Crippen molar-refractivity contribution < 1.29 is 4.74 Å². The number of hydrogen-bond donors (Lipinski definition) is 0. The summed E-state index contributed by atoms with van der Waals surface area (Å²) in [5, 5.41) is 0. The van der Waals surface area contributed by atoms with E-state index in [-0.39, 0.29) is 16.2 Å². The average Bonchev–Trinajstić information content (AvgIpc) is 2.97. The minimum atomic E-state index is -0.0162. The number of allylic oxidation sites excluding steroid dienone is 1. The first-order chi connectivity index (χ1) is 15.0. The zero-order valence-electron chi connectivity index (χ0n) is 21.6. The molecule has 0 bridgehead atoms. The maximum Gasteiger partial charge on any atom is 0.123 e. The van der Waals surface area contributed by atoms with Crippen molar-refractivity contribution in [1.29, 1.82) is 0 Å². The van der Waals surface area contributed by atoms with Crippen LogP contribution < -0.4 is 9.64 Å². The Hall–Kier alpha value is -2.22. The minimum absolute atomic E-state index is 0.0162. The molecule has 3 rings (SSSR count). The van der Waals surface area contributed by atoms with Crippen molar-refractivity contribution in [3.8, 4) is 5.75 Å². The molecule has 0 saturated heterocycles. The zero-order chi connectivity index (χ0) is 23.7. The van der Waals surface area contributed by atoms with Gasteiger partial charge in [0.15, 0.2) is 0 Å². The fraction of sp³-hybridized carbons (Fsp3) is 0.533. The van der Waals surface area contributed by atoms with Crippen molar-refractivity contribution in [3.63, 3.8) is 0 Å². The molecule has 0 radical (unpaired) electrons. The lowest BCUT2D eigenvalue weighted by molar-refractivity contribution is 0.301. The predicted octanol–water partition coefficient (Wildman–Crippen LogP) is 8.14. The third-order valence-corrected chi connectivity index (χ3v) is 7.96. The van der Waals surface area contributed by atoms with Gasteiger partial charge in [0.1, 0.15) is 5.75 Å². The molecule has 1 aliphatic heterocycles. The quantitative estimate of drug-likeness (QED) is 0.370. The van der Waals surface area contributed by atoms with E-state index in [1.165, 1.54) is 28.1 Å². The Balaban J connectivity index is 1.73. The molecule has 0 aliphatic carbocycles. The van der Waals surface area contributed by atoms with Crippen molar-refractivity contribution in [2.45, 2.75) is 90.9 Å². The topological polar surface area (TPSA) is 12.5 Å². The molecular weight excluding hydrogens is 390 g/mol. The summed E-state index contributed by atoms with van der Waals surface area (Å²) in [6.07, 6.45) is 3.16. The molecule has 1 aliphatic rings. The van der Waals surface area contributed by atoms with Crippen LogP contribution in [-0.4, -0.2) is 13.2 Å². The van der Waals surface area contributed by atoms with Gasteiger partial charge in [-0.3, -0.25) is 0 Å². The molecule has 1 heterocycles. The molecule has 2 nitrogen and oxygen atoms in total. The minimum Gasteiger partial charge on any atom is -0.493 e. The van der Waals surface area contributed by atoms with E-state index < -0.39 is 0 Å². The Morgan fingerprint density at radius 3 is 2.25 bits per heavy atom. The number of anilines is 1. The summed E-state index contributed by atoms with van der Waals surface area (Å²) >= 11 is 0. The van der Waals surface area contributed by atoms with E-state index in [0.29, 0.717) is 6.61 Å². The highest BCUT2D eigenvalue weighted by Crippen LogP contribution is 2.46. The molecule has 0 atom stereocenters. The van der Waals surface area contributed by atoms with Crippen LogP contribution in [0.4, 0.5) is 5.69 Å². The average molecular weight is 434 g/mol. The maximum absolute atomic E-state index is 6.41. The molecule has 174 valence electrons. The summed E-state index contributed by atoms with van der Waals surface area (Å²) in [6.45, 7) is 24.4. The molecule has 0 unspecified atom stereocenters. The molecule has 2 aromatic carbocycles. The Bertz CT molecular complexity index is 967. The number of benzene rings is 2. The summed E-state index contributed by atoms with van der Waals surface area (Å²) in [7, 11) is 0. The highest BCUT2D eigenvalue weighted by Gasteiger charge is 2.38. The number of fused-ring (bicyclic) bond motifs is 1. The van der Waals surface area contributed by atoms with Crippen LogP contribution in [0, 0.1) is 0 Å². The predicted molar refractivity (Wildman–Crippen MR) is 139 cm³/mol. The van der Waals surface area contributed by atoms with Gasteiger partial charge < -0.3 is 9.64 Å². The van der Waals surface area contributed by atoms with E-state index in [1.54, 1.807) is 0 Å². The van der Waals surface area contributed by atoms with Crippen LogP contribution >= 0.6 is 0 Å². The Morgan fingerprint density at radius 1 is 0.938 bits per heavy atom. The largest absolute Gasteiger partial charge is 0.493 e. The van der Waals surface area contributed by atoms with E-state index in [4.69, 9.17) is 4.74 Å². The van der Waals surface area contributed by atoms with E-state index in [1.807, 2.05) is 0 Å². The van der Waals surface area contributed by atoms with Crippen molar-refractivity contribution >= 4 is 5.69 Å². The van der Waals surface area contributed by atoms with Crippen LogP contribution in [-0.2, 0) is 16.2 Å². The first kappa shape index (κ1) is 24.4. The molecule has 0 saturated carbocycles. The van der Waals surface area contributed by atoms with Gasteiger partial charge >= 0.3 is 0 Å². The number of para-hydroxylation sites is 1. The van der Waals surface area contributed by atoms with Gasteiger partial charge in [-0.15, -0.1) is 0 Å². The highest BCUT2D eigenvalue weighted by atomic mass is 16.5. The molecular formula is C30H43NO. The van der Waals surface area contributed by atoms with Gasteiger partial charge in [0.25, 0.3) is 0 Å². The lowest BCUT2D eigenvalue weighted by Crippen LogP contribution is -2.27. The van der Waals surface area contributed by atoms with Gasteiger partial charge in [-0.05, 0) is 53.4 Å². The molecule has 0 amide bonds. The molecule has 32 heavy (non-hydrogen) atoms. The normalized spacial score (nSPS) is 15.8. The van der Waals surface area contributed by atoms with Crippen LogP contribution in [0.3, 0.4) is 0 Å². The van der Waals surface area contributed by atoms with Crippen LogP contribution in [0.2, 0.25) is 0 Å². The molecule has 0 spiro atoms. The van der Waals surface area contributed by atoms with Gasteiger partial charge in [0.05, 0.1) is 6.61 Å². The van der Waals surface area contributed by atoms with Crippen molar-refractivity contribution in [3.05, 3.63) is 71.4 Å². The Morgan fingerprint density at radius 2 is 1.59 bits per heavy atom. The summed E-state index contributed by atoms with van der Waals surface area (Å²) in [6, 6.07) is 15.5. The lowest BCUT2D eigenvalue weighted by Gasteiger charge is -2.30. The zero-order valence-corrected chi connectivity index (χ0v) is 21.6. The van der Waals surface area contributed by atoms with Gasteiger partial charge in [0, 0.05) is 28.9 Å². The van der Waals surface area contributed by atoms with Crippen molar-refractivity contribution in [2.24, 2.45) is 0 Å². The standard InChI is InChI=1S/C30H43NO/c1-10-28(4,5)23-17-18-27(25(21-23)29(6,7)11-2)32-20-14-19-31-22(3)30(8,9)24-15-12-13-16-26(24)31/h12-13,15-18,21H,3,10-11,14,19-20H2,1-2,4-9H3. The highest BCUT2D eigenvalue weighted by molar-refractivity contribution is 5.69. The molecule has 2 heteroatoms. The van der Waals surface area contributed by atoms with Crippen molar-refractivity contribution in [2.75, 3.05) is 18.1 Å². The van der Waals surface area contributed by atoms with Gasteiger partial charge in [-0.25, -0.2) is 0 Å². The summed E-state index contributed by atoms with van der Waals surface area (Å²) in [5.74, 6) is 1.04. The third-order valence-electron chi connectivity index (χ3n) is 7.96. The van der Waals surface area contributed by atoms with E-state index in [0.717, 1.165) is 31.6 Å². The van der Waals surface area contributed by atoms with Gasteiger partial charge in [-0.1, -0.05) is 92.3 Å². The van der Waals surface area contributed by atoms with Gasteiger partial charge in [-0.2, -0.15) is 0 Å². The van der Waals surface area contributed by atoms with Gasteiger partial charge in [0.2, 0.25) is 0 Å². The maximum atomic E-state index is 6.41. The number of ether oxygens (including phenoxy) is 1. The molecule has 0 N–H and O–H groups in total. The third kappa shape index (κ3) is 4.47. The van der Waals surface area contributed by atoms with Crippen LogP contribution in [0.15, 0.2) is 54.7 Å². The number of rotatable bonds is 9. The summed E-state index contributed by atoms with van der Waals surface area (Å²) < 4.78 is 6.41. The van der Waals surface area contributed by atoms with Crippen molar-refractivity contribution in [1.82, 2.24) is 0 Å². The Kier molecular flexibility index (Phi) is 6.84. The number of nitrogens with zero attached hydrogens (tertiary/aromatic N) is 1.